The van der Waals surface area contributed by atoms with Crippen LogP contribution in [0.3, 0.4) is 0 Å². The minimum Gasteiger partial charge on any atom is -0.490 e. The van der Waals surface area contributed by atoms with Crippen LogP contribution in [0.4, 0.5) is 4.79 Å². The van der Waals surface area contributed by atoms with E-state index >= 15 is 0 Å². The van der Waals surface area contributed by atoms with Gasteiger partial charge in [0.05, 0.1) is 16.4 Å². The molecular weight excluding hydrogens is 421 g/mol. The van der Waals surface area contributed by atoms with Gasteiger partial charge in [-0.15, -0.1) is 0 Å². The van der Waals surface area contributed by atoms with E-state index in [1.54, 1.807) is 6.07 Å². The van der Waals surface area contributed by atoms with E-state index in [2.05, 4.69) is 33.1 Å². The molecule has 0 unspecified atom stereocenters. The third-order valence-corrected chi connectivity index (χ3v) is 3.75. The Bertz CT molecular complexity index is 721. The summed E-state index contributed by atoms with van der Waals surface area (Å²) in [5, 5.41) is 3.76. The molecule has 7 heteroatoms. The summed E-state index contributed by atoms with van der Waals surface area (Å²) in [4.78, 5) is 10.7. The topological polar surface area (TPSA) is 85.9 Å². The Morgan fingerprint density at radius 2 is 2.04 bits per heavy atom. The fourth-order valence-electron chi connectivity index (χ4n) is 1.97. The van der Waals surface area contributed by atoms with Crippen LogP contribution in [0.2, 0.25) is 0 Å². The fraction of sp³-hybridized carbons (Fsp3) is 0.176. The number of benzene rings is 2. The maximum absolute atomic E-state index is 10.7. The van der Waals surface area contributed by atoms with Gasteiger partial charge < -0.3 is 15.2 Å². The first-order valence-corrected chi connectivity index (χ1v) is 8.39. The van der Waals surface area contributed by atoms with Crippen molar-refractivity contribution in [1.82, 2.24) is 5.43 Å². The van der Waals surface area contributed by atoms with Gasteiger partial charge >= 0.3 is 6.03 Å². The van der Waals surface area contributed by atoms with Crippen LogP contribution in [-0.2, 0) is 6.61 Å². The summed E-state index contributed by atoms with van der Waals surface area (Å²) < 4.78 is 12.5. The number of carbonyl (C=O) groups is 1. The molecule has 0 radical (unpaired) electrons. The number of nitrogens with zero attached hydrogens (tertiary/aromatic N) is 1. The monoisotopic (exact) mass is 439 g/mol. The highest BCUT2D eigenvalue weighted by Gasteiger charge is 2.12. The van der Waals surface area contributed by atoms with E-state index in [0.717, 1.165) is 14.7 Å². The molecule has 2 amide bonds. The molecule has 0 saturated carbocycles. The third-order valence-electron chi connectivity index (χ3n) is 2.95. The molecule has 0 spiro atoms. The van der Waals surface area contributed by atoms with Crippen molar-refractivity contribution in [3.8, 4) is 11.5 Å². The second kappa shape index (κ2) is 9.11. The standard InChI is InChI=1S/C17H18IN3O3/c1-2-23-15-9-13(10-20-21-17(19)22)8-14(18)16(15)24-11-12-6-4-3-5-7-12/h3-10H,2,11H2,1H3,(H3,19,21,22)/b20-10-. The van der Waals surface area contributed by atoms with E-state index in [-0.39, 0.29) is 0 Å². The van der Waals surface area contributed by atoms with E-state index < -0.39 is 6.03 Å². The Kier molecular flexibility index (Phi) is 6.86. The Labute approximate surface area is 154 Å². The Morgan fingerprint density at radius 1 is 1.29 bits per heavy atom. The molecule has 0 aliphatic rings. The summed E-state index contributed by atoms with van der Waals surface area (Å²) in [6.07, 6.45) is 1.50. The number of carbonyl (C=O) groups excluding carboxylic acids is 1. The molecule has 24 heavy (non-hydrogen) atoms. The van der Waals surface area contributed by atoms with E-state index in [1.165, 1.54) is 6.21 Å². The number of amides is 2. The third kappa shape index (κ3) is 5.41. The maximum Gasteiger partial charge on any atom is 0.332 e. The molecule has 0 aliphatic carbocycles. The first kappa shape index (κ1) is 18.1. The number of hydrogen-bond acceptors (Lipinski definition) is 4. The molecule has 0 aliphatic heterocycles. The summed E-state index contributed by atoms with van der Waals surface area (Å²) >= 11 is 2.18. The van der Waals surface area contributed by atoms with E-state index in [9.17, 15) is 4.79 Å². The molecule has 0 saturated heterocycles. The van der Waals surface area contributed by atoms with Crippen LogP contribution < -0.4 is 20.6 Å². The van der Waals surface area contributed by atoms with Gasteiger partial charge in [-0.3, -0.25) is 0 Å². The van der Waals surface area contributed by atoms with Crippen LogP contribution >= 0.6 is 22.6 Å². The second-order valence-corrected chi connectivity index (χ2v) is 5.93. The molecule has 3 N–H and O–H groups in total. The van der Waals surface area contributed by atoms with E-state index in [4.69, 9.17) is 15.2 Å². The Morgan fingerprint density at radius 3 is 2.71 bits per heavy atom. The van der Waals surface area contributed by atoms with Crippen molar-refractivity contribution >= 4 is 34.8 Å². The van der Waals surface area contributed by atoms with Crippen molar-refractivity contribution in [3.05, 3.63) is 57.2 Å². The Hall–Kier alpha value is -2.29. The van der Waals surface area contributed by atoms with Gasteiger partial charge in [-0.2, -0.15) is 5.10 Å². The van der Waals surface area contributed by atoms with Crippen LogP contribution in [0.15, 0.2) is 47.6 Å². The van der Waals surface area contributed by atoms with Crippen LogP contribution in [0, 0.1) is 3.57 Å². The molecule has 2 rings (SSSR count). The largest absolute Gasteiger partial charge is 0.490 e. The first-order chi connectivity index (χ1) is 11.6. The highest BCUT2D eigenvalue weighted by atomic mass is 127. The zero-order valence-corrected chi connectivity index (χ0v) is 15.3. The summed E-state index contributed by atoms with van der Waals surface area (Å²) in [6, 6.07) is 12.9. The number of hydrogen-bond donors (Lipinski definition) is 2. The number of halogens is 1. The summed E-state index contributed by atoms with van der Waals surface area (Å²) in [7, 11) is 0. The molecule has 0 heterocycles. The highest BCUT2D eigenvalue weighted by molar-refractivity contribution is 14.1. The predicted octanol–water partition coefficient (Wildman–Crippen LogP) is 3.27. The van der Waals surface area contributed by atoms with Crippen molar-refractivity contribution < 1.29 is 14.3 Å². The molecule has 0 aromatic heterocycles. The number of rotatable bonds is 7. The van der Waals surface area contributed by atoms with Crippen molar-refractivity contribution in [3.63, 3.8) is 0 Å². The smallest absolute Gasteiger partial charge is 0.332 e. The van der Waals surface area contributed by atoms with Crippen molar-refractivity contribution in [2.24, 2.45) is 10.8 Å². The molecule has 0 fully saturated rings. The van der Waals surface area contributed by atoms with Crippen LogP contribution in [0.1, 0.15) is 18.1 Å². The quantitative estimate of drug-likeness (QED) is 0.395. The van der Waals surface area contributed by atoms with Gasteiger partial charge in [0.15, 0.2) is 11.5 Å². The average Bonchev–Trinajstić information content (AvgIpc) is 2.55. The lowest BCUT2D eigenvalue weighted by Crippen LogP contribution is -2.24. The molecule has 2 aromatic rings. The normalized spacial score (nSPS) is 10.6. The second-order valence-electron chi connectivity index (χ2n) is 4.77. The van der Waals surface area contributed by atoms with Crippen LogP contribution in [0.25, 0.3) is 0 Å². The number of nitrogens with two attached hydrogens (primary N) is 1. The summed E-state index contributed by atoms with van der Waals surface area (Å²) in [5.74, 6) is 1.31. The molecular formula is C17H18IN3O3. The fourth-order valence-corrected chi connectivity index (χ4v) is 2.75. The Balaban J connectivity index is 2.20. The first-order valence-electron chi connectivity index (χ1n) is 7.31. The molecule has 6 nitrogen and oxygen atoms in total. The van der Waals surface area contributed by atoms with Gasteiger partial charge in [-0.05, 0) is 52.8 Å². The molecule has 2 aromatic carbocycles. The lowest BCUT2D eigenvalue weighted by Gasteiger charge is -2.14. The number of urea groups is 1. The van der Waals surface area contributed by atoms with Crippen molar-refractivity contribution in [2.45, 2.75) is 13.5 Å². The zero-order chi connectivity index (χ0) is 17.4. The van der Waals surface area contributed by atoms with E-state index in [1.807, 2.05) is 43.3 Å². The lowest BCUT2D eigenvalue weighted by molar-refractivity contribution is 0.249. The van der Waals surface area contributed by atoms with Gasteiger partial charge in [0.1, 0.15) is 6.61 Å². The maximum atomic E-state index is 10.7. The van der Waals surface area contributed by atoms with Crippen LogP contribution in [-0.4, -0.2) is 18.9 Å². The van der Waals surface area contributed by atoms with Gasteiger partial charge in [-0.1, -0.05) is 30.3 Å². The summed E-state index contributed by atoms with van der Waals surface area (Å²) in [5.41, 5.74) is 8.98. The summed E-state index contributed by atoms with van der Waals surface area (Å²) in [6.45, 7) is 2.87. The van der Waals surface area contributed by atoms with E-state index in [0.29, 0.717) is 24.7 Å². The predicted molar refractivity (Wildman–Crippen MR) is 101 cm³/mol. The zero-order valence-electron chi connectivity index (χ0n) is 13.2. The van der Waals surface area contributed by atoms with Crippen LogP contribution in [0.5, 0.6) is 11.5 Å². The van der Waals surface area contributed by atoms with Crippen molar-refractivity contribution in [1.29, 1.82) is 0 Å². The molecule has 126 valence electrons. The highest BCUT2D eigenvalue weighted by Crippen LogP contribution is 2.34. The van der Waals surface area contributed by atoms with Gasteiger partial charge in [0.2, 0.25) is 0 Å². The molecule has 0 atom stereocenters. The van der Waals surface area contributed by atoms with Gasteiger partial charge in [-0.25, -0.2) is 10.2 Å². The molecule has 0 bridgehead atoms. The number of nitrogens with one attached hydrogen (secondary N) is 1. The average molecular weight is 439 g/mol. The minimum atomic E-state index is -0.714. The van der Waals surface area contributed by atoms with Gasteiger partial charge in [0.25, 0.3) is 0 Å². The lowest BCUT2D eigenvalue weighted by atomic mass is 10.2. The van der Waals surface area contributed by atoms with Gasteiger partial charge in [0, 0.05) is 0 Å². The minimum absolute atomic E-state index is 0.452. The van der Waals surface area contributed by atoms with Crippen molar-refractivity contribution in [2.75, 3.05) is 6.61 Å². The SMILES string of the molecule is CCOc1cc(/C=N\NC(N)=O)cc(I)c1OCc1ccccc1. The number of primary amides is 1. The number of hydrazone groups is 1. The number of ether oxygens (including phenoxy) is 2.